The van der Waals surface area contributed by atoms with E-state index in [2.05, 4.69) is 11.4 Å². The van der Waals surface area contributed by atoms with E-state index in [4.69, 9.17) is 11.6 Å². The van der Waals surface area contributed by atoms with E-state index < -0.39 is 4.92 Å². The third-order valence-corrected chi connectivity index (χ3v) is 5.26. The molecule has 0 bridgehead atoms. The molecule has 110 valence electrons. The van der Waals surface area contributed by atoms with Crippen molar-refractivity contribution in [2.24, 2.45) is 0 Å². The molecule has 0 aliphatic heterocycles. The van der Waals surface area contributed by atoms with Gasteiger partial charge in [0.2, 0.25) is 0 Å². The minimum Gasteiger partial charge on any atom is -0.308 e. The Hall–Kier alpha value is -1.43. The molecule has 1 aliphatic carbocycles. The smallest absolute Gasteiger partial charge is 0.269 e. The van der Waals surface area contributed by atoms with Crippen molar-refractivity contribution in [1.29, 1.82) is 0 Å². The number of nitrogens with one attached hydrogen (secondary N) is 1. The first-order chi connectivity index (χ1) is 10.1. The number of rotatable bonds is 5. The topological polar surface area (TPSA) is 55.2 Å². The van der Waals surface area contributed by atoms with Crippen LogP contribution in [0.15, 0.2) is 24.3 Å². The number of non-ortho nitro benzene ring substituents is 1. The Morgan fingerprint density at radius 1 is 1.29 bits per heavy atom. The van der Waals surface area contributed by atoms with E-state index in [1.54, 1.807) is 6.07 Å². The minimum atomic E-state index is -0.399. The van der Waals surface area contributed by atoms with Crippen molar-refractivity contribution in [1.82, 2.24) is 5.32 Å². The molecule has 0 unspecified atom stereocenters. The van der Waals surface area contributed by atoms with Gasteiger partial charge in [-0.15, -0.1) is 11.3 Å². The van der Waals surface area contributed by atoms with E-state index in [1.807, 2.05) is 11.3 Å². The first-order valence-corrected chi connectivity index (χ1v) is 8.07. The van der Waals surface area contributed by atoms with Crippen LogP contribution >= 0.6 is 22.9 Å². The lowest BCUT2D eigenvalue weighted by atomic mass is 10.2. The Morgan fingerprint density at radius 3 is 2.90 bits per heavy atom. The van der Waals surface area contributed by atoms with E-state index in [0.29, 0.717) is 11.6 Å². The second kappa shape index (κ2) is 6.13. The van der Waals surface area contributed by atoms with Crippen LogP contribution < -0.4 is 5.32 Å². The van der Waals surface area contributed by atoms with Gasteiger partial charge >= 0.3 is 0 Å². The monoisotopic (exact) mass is 322 g/mol. The number of halogens is 1. The molecule has 0 amide bonds. The van der Waals surface area contributed by atoms with Crippen molar-refractivity contribution in [3.05, 3.63) is 60.3 Å². The minimum absolute atomic E-state index is 0.0753. The fourth-order valence-corrected chi connectivity index (χ4v) is 4.02. The van der Waals surface area contributed by atoms with Crippen LogP contribution in [0, 0.1) is 10.1 Å². The van der Waals surface area contributed by atoms with Crippen LogP contribution in [0.3, 0.4) is 0 Å². The molecule has 21 heavy (non-hydrogen) atoms. The van der Waals surface area contributed by atoms with E-state index in [9.17, 15) is 10.1 Å². The number of nitrogens with zero attached hydrogens (tertiary/aromatic N) is 1. The number of hydrogen-bond acceptors (Lipinski definition) is 4. The van der Waals surface area contributed by atoms with Gasteiger partial charge in [0.25, 0.3) is 5.69 Å². The van der Waals surface area contributed by atoms with Crippen LogP contribution in [0.4, 0.5) is 5.69 Å². The third kappa shape index (κ3) is 3.26. The summed E-state index contributed by atoms with van der Waals surface area (Å²) in [6, 6.07) is 6.81. The third-order valence-electron chi connectivity index (χ3n) is 3.65. The average molecular weight is 323 g/mol. The van der Waals surface area contributed by atoms with Gasteiger partial charge < -0.3 is 5.32 Å². The van der Waals surface area contributed by atoms with Gasteiger partial charge in [-0.25, -0.2) is 0 Å². The summed E-state index contributed by atoms with van der Waals surface area (Å²) in [5, 5.41) is 14.7. The molecule has 1 N–H and O–H groups in total. The number of hydrogen-bond donors (Lipinski definition) is 1. The molecule has 1 heterocycles. The zero-order chi connectivity index (χ0) is 14.8. The van der Waals surface area contributed by atoms with Crippen LogP contribution in [0.1, 0.15) is 27.3 Å². The maximum absolute atomic E-state index is 10.8. The number of aryl methyl sites for hydroxylation is 2. The average Bonchev–Trinajstić information content (AvgIpc) is 3.01. The van der Waals surface area contributed by atoms with Gasteiger partial charge in [-0.1, -0.05) is 11.6 Å². The molecule has 1 aromatic carbocycles. The van der Waals surface area contributed by atoms with Crippen molar-refractivity contribution >= 4 is 28.6 Å². The van der Waals surface area contributed by atoms with Gasteiger partial charge in [0.05, 0.1) is 4.92 Å². The Balaban J connectivity index is 1.62. The first-order valence-electron chi connectivity index (χ1n) is 6.87. The first kappa shape index (κ1) is 14.5. The van der Waals surface area contributed by atoms with E-state index in [0.717, 1.165) is 12.1 Å². The van der Waals surface area contributed by atoms with E-state index in [1.165, 1.54) is 46.7 Å². The lowest BCUT2D eigenvalue weighted by Gasteiger charge is -2.06. The highest BCUT2D eigenvalue weighted by Crippen LogP contribution is 2.30. The predicted molar refractivity (Wildman–Crippen MR) is 85.0 cm³/mol. The predicted octanol–water partition coefficient (Wildman–Crippen LogP) is 4.09. The Labute approximate surface area is 131 Å². The highest BCUT2D eigenvalue weighted by Gasteiger charge is 2.14. The maximum Gasteiger partial charge on any atom is 0.269 e. The van der Waals surface area contributed by atoms with Crippen molar-refractivity contribution in [2.45, 2.75) is 32.4 Å². The summed E-state index contributed by atoms with van der Waals surface area (Å²) in [7, 11) is 0. The molecule has 3 rings (SSSR count). The van der Waals surface area contributed by atoms with Gasteiger partial charge in [-0.2, -0.15) is 0 Å². The quantitative estimate of drug-likeness (QED) is 0.666. The number of nitro benzene ring substituents is 1. The highest BCUT2D eigenvalue weighted by atomic mass is 35.5. The molecular weight excluding hydrogens is 308 g/mol. The van der Waals surface area contributed by atoms with Crippen molar-refractivity contribution in [3.63, 3.8) is 0 Å². The van der Waals surface area contributed by atoms with Crippen molar-refractivity contribution < 1.29 is 4.92 Å². The lowest BCUT2D eigenvalue weighted by Crippen LogP contribution is -2.12. The normalized spacial score (nSPS) is 13.4. The Morgan fingerprint density at radius 2 is 2.14 bits per heavy atom. The van der Waals surface area contributed by atoms with Crippen LogP contribution in [-0.2, 0) is 25.9 Å². The summed E-state index contributed by atoms with van der Waals surface area (Å²) in [5.74, 6) is 0. The largest absolute Gasteiger partial charge is 0.308 e. The SMILES string of the molecule is O=[N+]([O-])c1ccc(Cl)c(CNCc2cc3c(s2)CCC3)c1. The zero-order valence-electron chi connectivity index (χ0n) is 11.4. The van der Waals surface area contributed by atoms with Crippen molar-refractivity contribution in [3.8, 4) is 0 Å². The fourth-order valence-electron chi connectivity index (χ4n) is 2.61. The number of thiophene rings is 1. The molecule has 0 saturated carbocycles. The van der Waals surface area contributed by atoms with Crippen LogP contribution in [0.25, 0.3) is 0 Å². The number of benzene rings is 1. The summed E-state index contributed by atoms with van der Waals surface area (Å²) in [6.07, 6.45) is 3.68. The second-order valence-electron chi connectivity index (χ2n) is 5.15. The lowest BCUT2D eigenvalue weighted by molar-refractivity contribution is -0.384. The molecule has 0 saturated heterocycles. The summed E-state index contributed by atoms with van der Waals surface area (Å²) in [5.41, 5.74) is 2.33. The summed E-state index contributed by atoms with van der Waals surface area (Å²) >= 11 is 7.95. The zero-order valence-corrected chi connectivity index (χ0v) is 13.0. The van der Waals surface area contributed by atoms with Crippen molar-refractivity contribution in [2.75, 3.05) is 0 Å². The molecule has 0 atom stereocenters. The number of fused-ring (bicyclic) bond motifs is 1. The molecule has 2 aromatic rings. The summed E-state index contributed by atoms with van der Waals surface area (Å²) in [6.45, 7) is 1.31. The van der Waals surface area contributed by atoms with Crippen LogP contribution in [0.5, 0.6) is 0 Å². The summed E-state index contributed by atoms with van der Waals surface area (Å²) in [4.78, 5) is 13.2. The highest BCUT2D eigenvalue weighted by molar-refractivity contribution is 7.12. The Bertz CT molecular complexity index is 663. The fraction of sp³-hybridized carbons (Fsp3) is 0.333. The molecule has 0 spiro atoms. The van der Waals surface area contributed by atoms with Crippen LogP contribution in [0.2, 0.25) is 5.02 Å². The maximum atomic E-state index is 10.8. The van der Waals surface area contributed by atoms with Gasteiger partial charge in [0.1, 0.15) is 0 Å². The van der Waals surface area contributed by atoms with E-state index >= 15 is 0 Å². The molecule has 6 heteroatoms. The van der Waals surface area contributed by atoms with Gasteiger partial charge in [-0.05, 0) is 42.5 Å². The molecule has 1 aliphatic rings. The van der Waals surface area contributed by atoms with Gasteiger partial charge in [0.15, 0.2) is 0 Å². The molecular formula is C15H15ClN2O2S. The molecule has 1 aromatic heterocycles. The molecule has 0 radical (unpaired) electrons. The number of nitro groups is 1. The van der Waals surface area contributed by atoms with Crippen LogP contribution in [-0.4, -0.2) is 4.92 Å². The van der Waals surface area contributed by atoms with Gasteiger partial charge in [0, 0.05) is 40.0 Å². The van der Waals surface area contributed by atoms with E-state index in [-0.39, 0.29) is 5.69 Å². The standard InChI is InChI=1S/C15H15ClN2O2S/c16-14-5-4-12(18(19)20)6-11(14)8-17-9-13-7-10-2-1-3-15(10)21-13/h4-7,17H,1-3,8-9H2. The van der Waals surface area contributed by atoms with Gasteiger partial charge in [-0.3, -0.25) is 10.1 Å². The molecule has 0 fully saturated rings. The Kier molecular flexibility index (Phi) is 4.24. The summed E-state index contributed by atoms with van der Waals surface area (Å²) < 4.78 is 0. The molecule has 4 nitrogen and oxygen atoms in total. The second-order valence-corrected chi connectivity index (χ2v) is 6.78.